The lowest BCUT2D eigenvalue weighted by molar-refractivity contribution is -0.137. The third kappa shape index (κ3) is 2.62. The summed E-state index contributed by atoms with van der Waals surface area (Å²) < 4.78 is 48.7. The Bertz CT molecular complexity index is 455. The van der Waals surface area contributed by atoms with Gasteiger partial charge in [-0.15, -0.1) is 0 Å². The zero-order valence-electron chi connectivity index (χ0n) is 11.2. The van der Waals surface area contributed by atoms with Gasteiger partial charge in [-0.2, -0.15) is 13.2 Å². The fourth-order valence-electron chi connectivity index (χ4n) is 1.68. The molecule has 1 fully saturated rings. The molecule has 2 rings (SSSR count). The van der Waals surface area contributed by atoms with Crippen molar-refractivity contribution in [2.75, 3.05) is 0 Å². The number of halogens is 3. The molecule has 1 aromatic heterocycles. The molecule has 0 N–H and O–H groups in total. The summed E-state index contributed by atoms with van der Waals surface area (Å²) in [7, 11) is -0.743. The Morgan fingerprint density at radius 2 is 1.58 bits per heavy atom. The fraction of sp³-hybridized carbons (Fsp3) is 0.583. The van der Waals surface area contributed by atoms with E-state index < -0.39 is 30.1 Å². The molecule has 0 spiro atoms. The van der Waals surface area contributed by atoms with E-state index in [2.05, 4.69) is 4.98 Å². The second-order valence-electron chi connectivity index (χ2n) is 5.56. The van der Waals surface area contributed by atoms with Gasteiger partial charge in [0.1, 0.15) is 0 Å². The molecule has 7 heteroatoms. The van der Waals surface area contributed by atoms with E-state index >= 15 is 0 Å². The zero-order chi connectivity index (χ0) is 14.5. The third-order valence-electron chi connectivity index (χ3n) is 3.61. The van der Waals surface area contributed by atoms with Crippen LogP contribution >= 0.6 is 0 Å². The minimum absolute atomic E-state index is 0.339. The van der Waals surface area contributed by atoms with E-state index in [4.69, 9.17) is 9.31 Å². The Labute approximate surface area is 110 Å². The van der Waals surface area contributed by atoms with Gasteiger partial charge in [-0.1, -0.05) is 0 Å². The van der Waals surface area contributed by atoms with Crippen LogP contribution in [-0.4, -0.2) is 23.3 Å². The maximum Gasteiger partial charge on any atom is 0.514 e. The fourth-order valence-corrected chi connectivity index (χ4v) is 1.68. The van der Waals surface area contributed by atoms with Crippen LogP contribution in [0.4, 0.5) is 13.2 Å². The molecule has 1 aliphatic rings. The van der Waals surface area contributed by atoms with Gasteiger partial charge in [-0.25, -0.2) is 0 Å². The molecule has 3 nitrogen and oxygen atoms in total. The molecule has 1 saturated heterocycles. The van der Waals surface area contributed by atoms with Gasteiger partial charge >= 0.3 is 13.3 Å². The predicted octanol–water partition coefficient (Wildman–Crippen LogP) is 2.40. The van der Waals surface area contributed by atoms with Crippen molar-refractivity contribution in [1.82, 2.24) is 4.98 Å². The van der Waals surface area contributed by atoms with Crippen LogP contribution in [0.25, 0.3) is 0 Å². The largest absolute Gasteiger partial charge is 0.514 e. The number of aromatic nitrogens is 1. The highest BCUT2D eigenvalue weighted by molar-refractivity contribution is 6.61. The second kappa shape index (κ2) is 4.21. The molecule has 0 saturated carbocycles. The molecule has 0 atom stereocenters. The van der Waals surface area contributed by atoms with Crippen molar-refractivity contribution in [2.45, 2.75) is 45.1 Å². The quantitative estimate of drug-likeness (QED) is 0.736. The number of rotatable bonds is 1. The van der Waals surface area contributed by atoms with Crippen molar-refractivity contribution >= 4 is 12.7 Å². The van der Waals surface area contributed by atoms with Crippen molar-refractivity contribution in [3.63, 3.8) is 0 Å². The SMILES string of the molecule is CC1(C)OB(c2ccc(C(F)(F)F)cn2)OC1(C)C. The van der Waals surface area contributed by atoms with Crippen LogP contribution in [0.2, 0.25) is 0 Å². The summed E-state index contributed by atoms with van der Waals surface area (Å²) in [6.45, 7) is 7.49. The van der Waals surface area contributed by atoms with E-state index in [0.717, 1.165) is 12.3 Å². The van der Waals surface area contributed by atoms with E-state index in [1.54, 1.807) is 0 Å². The predicted molar refractivity (Wildman–Crippen MR) is 65.0 cm³/mol. The molecule has 0 radical (unpaired) electrons. The van der Waals surface area contributed by atoms with Crippen molar-refractivity contribution < 1.29 is 22.5 Å². The molecule has 2 heterocycles. The normalized spacial score (nSPS) is 21.7. The van der Waals surface area contributed by atoms with Crippen LogP contribution in [0.1, 0.15) is 33.3 Å². The molecule has 1 aliphatic heterocycles. The van der Waals surface area contributed by atoms with Crippen LogP contribution in [0.5, 0.6) is 0 Å². The van der Waals surface area contributed by atoms with E-state index in [-0.39, 0.29) is 0 Å². The van der Waals surface area contributed by atoms with E-state index in [1.807, 2.05) is 27.7 Å². The lowest BCUT2D eigenvalue weighted by Crippen LogP contribution is -2.41. The Kier molecular flexibility index (Phi) is 3.18. The van der Waals surface area contributed by atoms with Gasteiger partial charge in [0.05, 0.1) is 22.4 Å². The summed E-state index contributed by atoms with van der Waals surface area (Å²) in [5, 5.41) is 0. The van der Waals surface area contributed by atoms with E-state index in [0.29, 0.717) is 5.59 Å². The summed E-state index contributed by atoms with van der Waals surface area (Å²) in [4.78, 5) is 3.79. The first kappa shape index (κ1) is 14.3. The molecule has 0 unspecified atom stereocenters. The van der Waals surface area contributed by atoms with Gasteiger partial charge in [-0.05, 0) is 39.8 Å². The monoisotopic (exact) mass is 273 g/mol. The molecular formula is C12H15BF3NO2. The first-order chi connectivity index (χ1) is 8.53. The Hall–Kier alpha value is -1.08. The van der Waals surface area contributed by atoms with Gasteiger partial charge in [0, 0.05) is 6.20 Å². The van der Waals surface area contributed by atoms with Crippen LogP contribution in [0.15, 0.2) is 18.3 Å². The highest BCUT2D eigenvalue weighted by Gasteiger charge is 2.52. The minimum Gasteiger partial charge on any atom is -0.398 e. The molecule has 0 aromatic carbocycles. The van der Waals surface area contributed by atoms with Crippen molar-refractivity contribution in [1.29, 1.82) is 0 Å². The van der Waals surface area contributed by atoms with Crippen LogP contribution in [0, 0.1) is 0 Å². The highest BCUT2D eigenvalue weighted by atomic mass is 19.4. The van der Waals surface area contributed by atoms with Gasteiger partial charge in [0.2, 0.25) is 0 Å². The lowest BCUT2D eigenvalue weighted by Gasteiger charge is -2.32. The minimum atomic E-state index is -4.39. The summed E-state index contributed by atoms with van der Waals surface area (Å²) in [5.74, 6) is 0. The molecule has 1 aromatic rings. The Balaban J connectivity index is 2.22. The highest BCUT2D eigenvalue weighted by Crippen LogP contribution is 2.36. The molecule has 0 aliphatic carbocycles. The van der Waals surface area contributed by atoms with Gasteiger partial charge in [-0.3, -0.25) is 4.98 Å². The number of nitrogens with zero attached hydrogens (tertiary/aromatic N) is 1. The van der Waals surface area contributed by atoms with Gasteiger partial charge < -0.3 is 9.31 Å². The number of alkyl halides is 3. The first-order valence-corrected chi connectivity index (χ1v) is 5.92. The summed E-state index contributed by atoms with van der Waals surface area (Å²) in [5.41, 5.74) is -1.52. The van der Waals surface area contributed by atoms with E-state index in [9.17, 15) is 13.2 Å². The van der Waals surface area contributed by atoms with Gasteiger partial charge in [0.25, 0.3) is 0 Å². The maximum absolute atomic E-state index is 12.4. The summed E-state index contributed by atoms with van der Waals surface area (Å²) in [6, 6.07) is 2.26. The molecule has 19 heavy (non-hydrogen) atoms. The maximum atomic E-state index is 12.4. The summed E-state index contributed by atoms with van der Waals surface area (Å²) >= 11 is 0. The molecule has 0 bridgehead atoms. The topological polar surface area (TPSA) is 31.4 Å². The molecule has 0 amide bonds. The second-order valence-corrected chi connectivity index (χ2v) is 5.56. The lowest BCUT2D eigenvalue weighted by atomic mass is 9.84. The van der Waals surface area contributed by atoms with Gasteiger partial charge in [0.15, 0.2) is 0 Å². The first-order valence-electron chi connectivity index (χ1n) is 5.92. The zero-order valence-corrected chi connectivity index (χ0v) is 11.2. The number of hydrogen-bond acceptors (Lipinski definition) is 3. The van der Waals surface area contributed by atoms with Crippen LogP contribution in [-0.2, 0) is 15.5 Å². The van der Waals surface area contributed by atoms with Crippen LogP contribution in [0.3, 0.4) is 0 Å². The Morgan fingerprint density at radius 1 is 1.05 bits per heavy atom. The van der Waals surface area contributed by atoms with E-state index in [1.165, 1.54) is 6.07 Å². The standard InChI is InChI=1S/C12H15BF3NO2/c1-10(2)11(3,4)19-13(18-10)9-6-5-8(7-17-9)12(14,15)16/h5-7H,1-4H3. The third-order valence-corrected chi connectivity index (χ3v) is 3.61. The van der Waals surface area contributed by atoms with Crippen molar-refractivity contribution in [2.24, 2.45) is 0 Å². The van der Waals surface area contributed by atoms with Crippen molar-refractivity contribution in [3.05, 3.63) is 23.9 Å². The smallest absolute Gasteiger partial charge is 0.398 e. The van der Waals surface area contributed by atoms with Crippen molar-refractivity contribution in [3.8, 4) is 0 Å². The molecular weight excluding hydrogens is 258 g/mol. The van der Waals surface area contributed by atoms with Crippen LogP contribution < -0.4 is 5.59 Å². The average Bonchev–Trinajstić information content (AvgIpc) is 2.47. The molecule has 104 valence electrons. The summed E-state index contributed by atoms with van der Waals surface area (Å²) in [6.07, 6.45) is -3.60. The average molecular weight is 273 g/mol. The Morgan fingerprint density at radius 3 is 1.95 bits per heavy atom. The number of hydrogen-bond donors (Lipinski definition) is 0. The number of pyridine rings is 1.